The zero-order chi connectivity index (χ0) is 23.5. The van der Waals surface area contributed by atoms with E-state index in [-0.39, 0.29) is 18.5 Å². The number of nitrogens with one attached hydrogen (secondary N) is 1. The molecule has 0 spiro atoms. The number of tetrazole rings is 1. The summed E-state index contributed by atoms with van der Waals surface area (Å²) < 4.78 is 7.11. The predicted octanol–water partition coefficient (Wildman–Crippen LogP) is 4.08. The first-order chi connectivity index (χ1) is 16.6. The Kier molecular flexibility index (Phi) is 5.78. The number of hydrogen-bond donors (Lipinski definition) is 1. The molecule has 3 aromatic carbocycles. The zero-order valence-corrected chi connectivity index (χ0v) is 18.9. The Labute approximate surface area is 197 Å². The summed E-state index contributed by atoms with van der Waals surface area (Å²) in [5.41, 5.74) is 4.68. The van der Waals surface area contributed by atoms with Crippen molar-refractivity contribution in [1.29, 1.82) is 0 Å². The maximum atomic E-state index is 13.1. The molecular formula is C26H24N6O2. The van der Waals surface area contributed by atoms with Gasteiger partial charge in [0.1, 0.15) is 18.3 Å². The van der Waals surface area contributed by atoms with E-state index >= 15 is 0 Å². The van der Waals surface area contributed by atoms with Gasteiger partial charge in [-0.2, -0.15) is 4.68 Å². The molecule has 8 heteroatoms. The Morgan fingerprint density at radius 1 is 1.00 bits per heavy atom. The normalized spacial score (nSPS) is 14.8. The van der Waals surface area contributed by atoms with Crippen LogP contribution in [0.1, 0.15) is 22.7 Å². The molecule has 1 aromatic heterocycles. The van der Waals surface area contributed by atoms with E-state index in [1.165, 1.54) is 5.56 Å². The first kappa shape index (κ1) is 21.4. The number of methoxy groups -OCH3 is 1. The molecule has 0 unspecified atom stereocenters. The van der Waals surface area contributed by atoms with Crippen LogP contribution >= 0.6 is 0 Å². The quantitative estimate of drug-likeness (QED) is 0.475. The van der Waals surface area contributed by atoms with Crippen LogP contribution in [-0.4, -0.2) is 39.8 Å². The average Bonchev–Trinajstić information content (AvgIpc) is 3.36. The molecule has 0 saturated heterocycles. The van der Waals surface area contributed by atoms with Crippen LogP contribution in [0.4, 0.5) is 11.6 Å². The third-order valence-corrected chi connectivity index (χ3v) is 5.76. The molecule has 0 radical (unpaired) electrons. The highest BCUT2D eigenvalue weighted by atomic mass is 16.5. The van der Waals surface area contributed by atoms with Gasteiger partial charge in [0.05, 0.1) is 18.5 Å². The monoisotopic (exact) mass is 452 g/mol. The summed E-state index contributed by atoms with van der Waals surface area (Å²) in [5, 5.41) is 15.4. The van der Waals surface area contributed by atoms with E-state index in [2.05, 4.69) is 58.1 Å². The highest BCUT2D eigenvalue weighted by Gasteiger charge is 2.32. The van der Waals surface area contributed by atoms with Crippen LogP contribution in [0, 0.1) is 6.92 Å². The van der Waals surface area contributed by atoms with E-state index in [0.717, 1.165) is 16.8 Å². The van der Waals surface area contributed by atoms with Crippen molar-refractivity contribution in [2.24, 2.45) is 0 Å². The van der Waals surface area contributed by atoms with Gasteiger partial charge < -0.3 is 10.1 Å². The van der Waals surface area contributed by atoms with Crippen LogP contribution in [0.25, 0.3) is 5.70 Å². The maximum Gasteiger partial charge on any atom is 0.251 e. The Morgan fingerprint density at radius 2 is 1.74 bits per heavy atom. The number of anilines is 2. The van der Waals surface area contributed by atoms with Gasteiger partial charge in [-0.15, -0.1) is 0 Å². The first-order valence-electron chi connectivity index (χ1n) is 11.0. The fourth-order valence-corrected chi connectivity index (χ4v) is 4.06. The Bertz CT molecular complexity index is 1330. The van der Waals surface area contributed by atoms with E-state index in [0.29, 0.717) is 17.4 Å². The number of fused-ring (bicyclic) bond motifs is 1. The lowest BCUT2D eigenvalue weighted by atomic mass is 10.00. The van der Waals surface area contributed by atoms with Crippen LogP contribution in [-0.2, 0) is 4.79 Å². The van der Waals surface area contributed by atoms with Crippen LogP contribution in [0.15, 0.2) is 84.9 Å². The van der Waals surface area contributed by atoms with Gasteiger partial charge in [-0.05, 0) is 46.7 Å². The number of rotatable bonds is 6. The van der Waals surface area contributed by atoms with Crippen LogP contribution in [0.5, 0.6) is 5.75 Å². The molecule has 34 heavy (non-hydrogen) atoms. The van der Waals surface area contributed by atoms with Crippen LogP contribution < -0.4 is 15.0 Å². The predicted molar refractivity (Wildman–Crippen MR) is 131 cm³/mol. The third kappa shape index (κ3) is 4.13. The summed E-state index contributed by atoms with van der Waals surface area (Å²) >= 11 is 0. The lowest BCUT2D eigenvalue weighted by Gasteiger charge is -2.32. The minimum atomic E-state index is -0.213. The van der Waals surface area contributed by atoms with Crippen molar-refractivity contribution < 1.29 is 9.53 Å². The van der Waals surface area contributed by atoms with Crippen molar-refractivity contribution in [2.75, 3.05) is 23.9 Å². The topological polar surface area (TPSA) is 85.2 Å². The van der Waals surface area contributed by atoms with Crippen molar-refractivity contribution in [3.05, 3.63) is 102 Å². The van der Waals surface area contributed by atoms with E-state index in [1.807, 2.05) is 47.4 Å². The van der Waals surface area contributed by atoms with Gasteiger partial charge in [0.15, 0.2) is 0 Å². The van der Waals surface area contributed by atoms with Crippen LogP contribution in [0.2, 0.25) is 0 Å². The summed E-state index contributed by atoms with van der Waals surface area (Å²) in [7, 11) is 1.57. The second-order valence-electron chi connectivity index (χ2n) is 8.03. The molecule has 1 amide bonds. The minimum Gasteiger partial charge on any atom is -0.495 e. The number of hydrogen-bond acceptors (Lipinski definition) is 6. The smallest absolute Gasteiger partial charge is 0.251 e. The minimum absolute atomic E-state index is 0.0275. The summed E-state index contributed by atoms with van der Waals surface area (Å²) in [6.07, 6.45) is 2.10. The summed E-state index contributed by atoms with van der Waals surface area (Å²) in [4.78, 5) is 15.0. The number of para-hydroxylation sites is 2. The molecule has 0 fully saturated rings. The van der Waals surface area contributed by atoms with Gasteiger partial charge in [-0.25, -0.2) is 0 Å². The van der Waals surface area contributed by atoms with Gasteiger partial charge in [0.25, 0.3) is 5.95 Å². The number of aromatic nitrogens is 4. The van der Waals surface area contributed by atoms with Gasteiger partial charge in [-0.3, -0.25) is 9.69 Å². The number of aryl methyl sites for hydroxylation is 1. The number of carbonyl (C=O) groups is 1. The molecule has 0 saturated carbocycles. The molecule has 1 aliphatic heterocycles. The number of nitrogens with zero attached hydrogens (tertiary/aromatic N) is 5. The van der Waals surface area contributed by atoms with Gasteiger partial charge >= 0.3 is 0 Å². The number of allylic oxidation sites excluding steroid dienone is 1. The van der Waals surface area contributed by atoms with E-state index in [9.17, 15) is 4.79 Å². The number of carbonyl (C=O) groups excluding carboxylic acids is 1. The largest absolute Gasteiger partial charge is 0.495 e. The van der Waals surface area contributed by atoms with Crippen molar-refractivity contribution in [3.63, 3.8) is 0 Å². The van der Waals surface area contributed by atoms with Crippen molar-refractivity contribution >= 4 is 23.2 Å². The Balaban J connectivity index is 1.52. The molecule has 170 valence electrons. The van der Waals surface area contributed by atoms with Crippen LogP contribution in [0.3, 0.4) is 0 Å². The van der Waals surface area contributed by atoms with Crippen molar-refractivity contribution in [3.8, 4) is 5.75 Å². The maximum absolute atomic E-state index is 13.1. The third-order valence-electron chi connectivity index (χ3n) is 5.76. The molecule has 1 aliphatic rings. The van der Waals surface area contributed by atoms with Gasteiger partial charge in [-0.1, -0.05) is 77.4 Å². The zero-order valence-electron chi connectivity index (χ0n) is 18.9. The molecule has 5 rings (SSSR count). The van der Waals surface area contributed by atoms with E-state index < -0.39 is 0 Å². The second kappa shape index (κ2) is 9.19. The fourth-order valence-electron chi connectivity index (χ4n) is 4.06. The average molecular weight is 453 g/mol. The first-order valence-corrected chi connectivity index (χ1v) is 11.0. The summed E-state index contributed by atoms with van der Waals surface area (Å²) in [5.74, 6) is 0.884. The SMILES string of the molecule is COc1ccccc1NC(=O)CN1C(c2ccccc2)=C[C@@H](c2ccc(C)cc2)n2nnnc21. The number of amides is 1. The van der Waals surface area contributed by atoms with Crippen molar-refractivity contribution in [2.45, 2.75) is 13.0 Å². The molecule has 0 bridgehead atoms. The highest BCUT2D eigenvalue weighted by Crippen LogP contribution is 2.36. The summed E-state index contributed by atoms with van der Waals surface area (Å²) in [6.45, 7) is 2.08. The van der Waals surface area contributed by atoms with Gasteiger partial charge in [0.2, 0.25) is 5.91 Å². The molecule has 1 N–H and O–H groups in total. The van der Waals surface area contributed by atoms with E-state index in [1.54, 1.807) is 23.9 Å². The molecular weight excluding hydrogens is 428 g/mol. The van der Waals surface area contributed by atoms with Crippen molar-refractivity contribution in [1.82, 2.24) is 20.2 Å². The second-order valence-corrected chi connectivity index (χ2v) is 8.03. The molecule has 2 heterocycles. The fraction of sp³-hybridized carbons (Fsp3) is 0.154. The highest BCUT2D eigenvalue weighted by molar-refractivity contribution is 5.98. The Hall–Kier alpha value is -4.46. The molecule has 8 nitrogen and oxygen atoms in total. The number of benzene rings is 3. The standard InChI is InChI=1S/C26H24N6O2/c1-18-12-14-20(15-13-18)23-16-22(19-8-4-3-5-9-19)31(26-28-29-30-32(23)26)17-25(33)27-21-10-6-7-11-24(21)34-2/h3-16,23H,17H2,1-2H3,(H,27,33)/t23-/m0/s1. The lowest BCUT2D eigenvalue weighted by Crippen LogP contribution is -2.37. The Morgan fingerprint density at radius 3 is 2.50 bits per heavy atom. The van der Waals surface area contributed by atoms with Gasteiger partial charge in [0, 0.05) is 0 Å². The lowest BCUT2D eigenvalue weighted by molar-refractivity contribution is -0.114. The molecule has 1 atom stereocenters. The summed E-state index contributed by atoms with van der Waals surface area (Å²) in [6, 6.07) is 25.4. The van der Waals surface area contributed by atoms with E-state index in [4.69, 9.17) is 4.74 Å². The molecule has 0 aliphatic carbocycles. The number of ether oxygens (including phenoxy) is 1. The molecule has 4 aromatic rings.